The van der Waals surface area contributed by atoms with E-state index in [2.05, 4.69) is 42.9 Å². The van der Waals surface area contributed by atoms with Crippen LogP contribution in [0.1, 0.15) is 38.5 Å². The van der Waals surface area contributed by atoms with Crippen LogP contribution >= 0.6 is 0 Å². The topological polar surface area (TPSA) is 0 Å². The molecule has 0 heterocycles. The minimum absolute atomic E-state index is 1.07. The largest absolute Gasteiger partial charge is 0.0882 e. The smallest absolute Gasteiger partial charge is 0.0166 e. The van der Waals surface area contributed by atoms with Gasteiger partial charge in [0.15, 0.2) is 0 Å². The standard InChI is InChI=1S/C13H19/c1-2-4-6-8-10-12-13-11-9-7-5-3-1/h1-5,8,10H,6-7,9,11-13H2/b3-1+,4-2+,10-8+. The summed E-state index contributed by atoms with van der Waals surface area (Å²) in [5.41, 5.74) is 0. The molecule has 0 aliphatic heterocycles. The summed E-state index contributed by atoms with van der Waals surface area (Å²) in [4.78, 5) is 0. The van der Waals surface area contributed by atoms with Gasteiger partial charge in [-0.05, 0) is 32.1 Å². The van der Waals surface area contributed by atoms with Gasteiger partial charge in [0.2, 0.25) is 0 Å². The molecule has 0 aromatic rings. The second kappa shape index (κ2) is 7.85. The fourth-order valence-electron chi connectivity index (χ4n) is 1.39. The van der Waals surface area contributed by atoms with Crippen molar-refractivity contribution in [2.75, 3.05) is 0 Å². The van der Waals surface area contributed by atoms with E-state index in [-0.39, 0.29) is 0 Å². The predicted octanol–water partition coefficient (Wildman–Crippen LogP) is 4.21. The van der Waals surface area contributed by atoms with Crippen molar-refractivity contribution < 1.29 is 0 Å². The highest BCUT2D eigenvalue weighted by Gasteiger charge is 1.87. The third-order valence-corrected chi connectivity index (χ3v) is 2.17. The van der Waals surface area contributed by atoms with Crippen LogP contribution in [0.25, 0.3) is 0 Å². The van der Waals surface area contributed by atoms with Gasteiger partial charge in [0.1, 0.15) is 0 Å². The first kappa shape index (κ1) is 10.3. The molecular weight excluding hydrogens is 156 g/mol. The van der Waals surface area contributed by atoms with Crippen LogP contribution in [0.3, 0.4) is 0 Å². The molecule has 1 rings (SSSR count). The number of hydrogen-bond acceptors (Lipinski definition) is 0. The Kier molecular flexibility index (Phi) is 6.22. The Balaban J connectivity index is 2.29. The Bertz CT molecular complexity index is 184. The van der Waals surface area contributed by atoms with Crippen molar-refractivity contribution in [3.05, 3.63) is 42.9 Å². The Morgan fingerprint density at radius 2 is 1.54 bits per heavy atom. The summed E-state index contributed by atoms with van der Waals surface area (Å²) in [6.45, 7) is 0. The molecule has 0 bridgehead atoms. The molecule has 0 aromatic carbocycles. The van der Waals surface area contributed by atoms with E-state index < -0.39 is 0 Å². The van der Waals surface area contributed by atoms with E-state index in [9.17, 15) is 0 Å². The van der Waals surface area contributed by atoms with Crippen LogP contribution < -0.4 is 0 Å². The lowest BCUT2D eigenvalue weighted by molar-refractivity contribution is 0.686. The molecule has 0 atom stereocenters. The fourth-order valence-corrected chi connectivity index (χ4v) is 1.39. The zero-order valence-corrected chi connectivity index (χ0v) is 8.28. The lowest BCUT2D eigenvalue weighted by atomic mass is 10.1. The average molecular weight is 175 g/mol. The van der Waals surface area contributed by atoms with Gasteiger partial charge in [0, 0.05) is 0 Å². The van der Waals surface area contributed by atoms with Crippen LogP contribution in [0, 0.1) is 6.42 Å². The highest BCUT2D eigenvalue weighted by Crippen LogP contribution is 2.06. The van der Waals surface area contributed by atoms with Gasteiger partial charge in [-0.1, -0.05) is 49.3 Å². The van der Waals surface area contributed by atoms with Crippen LogP contribution in [0.4, 0.5) is 0 Å². The Labute approximate surface area is 82.0 Å². The molecule has 0 heteroatoms. The first-order valence-corrected chi connectivity index (χ1v) is 5.30. The molecule has 0 aromatic heterocycles. The monoisotopic (exact) mass is 175 g/mol. The number of rotatable bonds is 0. The summed E-state index contributed by atoms with van der Waals surface area (Å²) >= 11 is 0. The maximum Gasteiger partial charge on any atom is -0.0166 e. The van der Waals surface area contributed by atoms with Crippen molar-refractivity contribution in [1.82, 2.24) is 0 Å². The van der Waals surface area contributed by atoms with E-state index in [0.717, 1.165) is 6.42 Å². The van der Waals surface area contributed by atoms with E-state index in [0.29, 0.717) is 0 Å². The SMILES string of the molecule is [CH]1/C=C/C=C/C/C=C/CCCCC1. The van der Waals surface area contributed by atoms with Crippen molar-refractivity contribution >= 4 is 0 Å². The third-order valence-electron chi connectivity index (χ3n) is 2.17. The van der Waals surface area contributed by atoms with Gasteiger partial charge < -0.3 is 0 Å². The summed E-state index contributed by atoms with van der Waals surface area (Å²) in [7, 11) is 0. The van der Waals surface area contributed by atoms with Crippen molar-refractivity contribution in [1.29, 1.82) is 0 Å². The van der Waals surface area contributed by atoms with Crippen LogP contribution in [-0.4, -0.2) is 0 Å². The normalized spacial score (nSPS) is 27.7. The molecular formula is C13H19. The molecule has 0 saturated carbocycles. The molecule has 0 fully saturated rings. The first-order chi connectivity index (χ1) is 6.50. The minimum atomic E-state index is 1.07. The molecule has 0 spiro atoms. The lowest BCUT2D eigenvalue weighted by Gasteiger charge is -1.95. The molecule has 1 aliphatic rings. The van der Waals surface area contributed by atoms with Crippen molar-refractivity contribution in [3.8, 4) is 0 Å². The zero-order valence-electron chi connectivity index (χ0n) is 8.28. The van der Waals surface area contributed by atoms with Crippen LogP contribution in [0.2, 0.25) is 0 Å². The molecule has 71 valence electrons. The zero-order chi connectivity index (χ0) is 9.19. The second-order valence-corrected chi connectivity index (χ2v) is 3.39. The van der Waals surface area contributed by atoms with Crippen LogP contribution in [-0.2, 0) is 0 Å². The van der Waals surface area contributed by atoms with Gasteiger partial charge in [0.25, 0.3) is 0 Å². The maximum absolute atomic E-state index is 2.30. The number of allylic oxidation sites excluding steroid dienone is 6. The maximum atomic E-state index is 2.30. The van der Waals surface area contributed by atoms with Crippen LogP contribution in [0.15, 0.2) is 36.5 Å². The van der Waals surface area contributed by atoms with E-state index in [1.807, 2.05) is 0 Å². The van der Waals surface area contributed by atoms with Gasteiger partial charge in [-0.2, -0.15) is 0 Å². The molecule has 0 amide bonds. The molecule has 0 saturated heterocycles. The molecule has 1 aliphatic carbocycles. The summed E-state index contributed by atoms with van der Waals surface area (Å²) in [6.07, 6.45) is 23.0. The van der Waals surface area contributed by atoms with E-state index in [1.165, 1.54) is 32.1 Å². The molecule has 13 heavy (non-hydrogen) atoms. The van der Waals surface area contributed by atoms with Crippen LogP contribution in [0.5, 0.6) is 0 Å². The van der Waals surface area contributed by atoms with E-state index in [4.69, 9.17) is 0 Å². The van der Waals surface area contributed by atoms with Gasteiger partial charge in [0.05, 0.1) is 0 Å². The predicted molar refractivity (Wildman–Crippen MR) is 59.4 cm³/mol. The molecule has 1 radical (unpaired) electrons. The summed E-state index contributed by atoms with van der Waals surface area (Å²) in [5, 5.41) is 0. The Morgan fingerprint density at radius 1 is 0.615 bits per heavy atom. The van der Waals surface area contributed by atoms with Crippen molar-refractivity contribution in [2.45, 2.75) is 38.5 Å². The summed E-state index contributed by atoms with van der Waals surface area (Å²) in [6, 6.07) is 0. The Morgan fingerprint density at radius 3 is 2.54 bits per heavy atom. The molecule has 0 nitrogen and oxygen atoms in total. The average Bonchev–Trinajstić information content (AvgIpc) is 2.18. The Hall–Kier alpha value is -0.780. The number of hydrogen-bond donors (Lipinski definition) is 0. The van der Waals surface area contributed by atoms with Crippen molar-refractivity contribution in [3.63, 3.8) is 0 Å². The molecule has 0 N–H and O–H groups in total. The van der Waals surface area contributed by atoms with Gasteiger partial charge in [-0.3, -0.25) is 0 Å². The van der Waals surface area contributed by atoms with Gasteiger partial charge >= 0.3 is 0 Å². The highest BCUT2D eigenvalue weighted by atomic mass is 13.9. The van der Waals surface area contributed by atoms with Crippen molar-refractivity contribution in [2.24, 2.45) is 0 Å². The quantitative estimate of drug-likeness (QED) is 0.484. The second-order valence-electron chi connectivity index (χ2n) is 3.39. The first-order valence-electron chi connectivity index (χ1n) is 5.30. The minimum Gasteiger partial charge on any atom is -0.0882 e. The van der Waals surface area contributed by atoms with Gasteiger partial charge in [-0.15, -0.1) is 0 Å². The lowest BCUT2D eigenvalue weighted by Crippen LogP contribution is -1.76. The third kappa shape index (κ3) is 6.39. The van der Waals surface area contributed by atoms with Gasteiger partial charge in [-0.25, -0.2) is 0 Å². The highest BCUT2D eigenvalue weighted by molar-refractivity contribution is 5.08. The summed E-state index contributed by atoms with van der Waals surface area (Å²) < 4.78 is 0. The molecule has 0 unspecified atom stereocenters. The summed E-state index contributed by atoms with van der Waals surface area (Å²) in [5.74, 6) is 0. The van der Waals surface area contributed by atoms with E-state index >= 15 is 0 Å². The van der Waals surface area contributed by atoms with E-state index in [1.54, 1.807) is 0 Å². The fraction of sp³-hybridized carbons (Fsp3) is 0.462.